The Morgan fingerprint density at radius 1 is 1.17 bits per heavy atom. The number of carbonyl (C=O) groups is 1. The highest BCUT2D eigenvalue weighted by atomic mass is 32.1. The largest absolute Gasteiger partial charge is 0.497 e. The number of thiazole rings is 1. The maximum Gasteiger partial charge on any atom is 0.257 e. The maximum absolute atomic E-state index is 12.7. The molecule has 1 N–H and O–H groups in total. The van der Waals surface area contributed by atoms with Crippen LogP contribution in [0.15, 0.2) is 48.1 Å². The lowest BCUT2D eigenvalue weighted by atomic mass is 10.1. The van der Waals surface area contributed by atoms with E-state index < -0.39 is 0 Å². The molecule has 1 amide bonds. The summed E-state index contributed by atoms with van der Waals surface area (Å²) in [6, 6.07) is 11.7. The molecular formula is C22H20N4O3S. The molecule has 30 heavy (non-hydrogen) atoms. The van der Waals surface area contributed by atoms with E-state index in [1.54, 1.807) is 14.2 Å². The van der Waals surface area contributed by atoms with Gasteiger partial charge in [-0.1, -0.05) is 0 Å². The van der Waals surface area contributed by atoms with Crippen molar-refractivity contribution in [1.29, 1.82) is 0 Å². The molecule has 0 bridgehead atoms. The van der Waals surface area contributed by atoms with Crippen LogP contribution in [0.3, 0.4) is 0 Å². The molecule has 5 rings (SSSR count). The van der Waals surface area contributed by atoms with Crippen molar-refractivity contribution in [3.05, 3.63) is 53.7 Å². The number of benzene rings is 2. The average Bonchev–Trinajstić information content (AvgIpc) is 3.37. The normalized spacial score (nSPS) is 13.4. The van der Waals surface area contributed by atoms with E-state index in [1.165, 1.54) is 24.2 Å². The first-order valence-corrected chi connectivity index (χ1v) is 10.5. The van der Waals surface area contributed by atoms with Crippen LogP contribution < -0.4 is 14.8 Å². The standard InChI is InChI=1S/C22H20N4O3S/c1-28-15-6-7-16(20(10-15)29-2)18-11-30-22(24-18)25-21(27)13-3-8-19-17(9-13)23-12-26(19)14-4-5-14/h3,6-12,14H,4-5H2,1-2H3,(H,24,25,27). The molecule has 0 saturated heterocycles. The zero-order valence-electron chi connectivity index (χ0n) is 16.6. The fourth-order valence-corrected chi connectivity index (χ4v) is 4.16. The zero-order valence-corrected chi connectivity index (χ0v) is 17.4. The van der Waals surface area contributed by atoms with Crippen LogP contribution in [0.2, 0.25) is 0 Å². The molecule has 4 aromatic rings. The zero-order chi connectivity index (χ0) is 20.7. The van der Waals surface area contributed by atoms with E-state index in [-0.39, 0.29) is 5.91 Å². The summed E-state index contributed by atoms with van der Waals surface area (Å²) in [6.07, 6.45) is 4.25. The lowest BCUT2D eigenvalue weighted by Crippen LogP contribution is -2.11. The summed E-state index contributed by atoms with van der Waals surface area (Å²) in [6.45, 7) is 0. The van der Waals surface area contributed by atoms with Crippen LogP contribution in [-0.4, -0.2) is 34.7 Å². The molecule has 2 heterocycles. The number of imidazole rings is 1. The number of nitrogens with zero attached hydrogens (tertiary/aromatic N) is 3. The molecule has 0 aliphatic heterocycles. The molecule has 2 aromatic carbocycles. The Morgan fingerprint density at radius 2 is 2.03 bits per heavy atom. The predicted octanol–water partition coefficient (Wildman–Crippen LogP) is 4.76. The minimum Gasteiger partial charge on any atom is -0.497 e. The smallest absolute Gasteiger partial charge is 0.257 e. The molecule has 0 radical (unpaired) electrons. The fourth-order valence-electron chi connectivity index (χ4n) is 3.45. The number of rotatable bonds is 6. The van der Waals surface area contributed by atoms with Gasteiger partial charge >= 0.3 is 0 Å². The van der Waals surface area contributed by atoms with E-state index in [4.69, 9.17) is 9.47 Å². The van der Waals surface area contributed by atoms with Crippen molar-refractivity contribution in [2.75, 3.05) is 19.5 Å². The predicted molar refractivity (Wildman–Crippen MR) is 117 cm³/mol. The highest BCUT2D eigenvalue weighted by Gasteiger charge is 2.25. The fraction of sp³-hybridized carbons (Fsp3) is 0.227. The molecular weight excluding hydrogens is 400 g/mol. The molecule has 0 unspecified atom stereocenters. The Bertz CT molecular complexity index is 1240. The molecule has 1 aliphatic carbocycles. The second kappa shape index (κ2) is 7.46. The summed E-state index contributed by atoms with van der Waals surface area (Å²) in [7, 11) is 3.21. The second-order valence-electron chi connectivity index (χ2n) is 7.14. The van der Waals surface area contributed by atoms with Gasteiger partial charge in [0.25, 0.3) is 5.91 Å². The van der Waals surface area contributed by atoms with Crippen molar-refractivity contribution in [1.82, 2.24) is 14.5 Å². The lowest BCUT2D eigenvalue weighted by Gasteiger charge is -2.08. The first kappa shape index (κ1) is 18.6. The molecule has 1 aliphatic rings. The Labute approximate surface area is 177 Å². The minimum atomic E-state index is -0.208. The van der Waals surface area contributed by atoms with E-state index >= 15 is 0 Å². The number of carbonyl (C=O) groups excluding carboxylic acids is 1. The van der Waals surface area contributed by atoms with E-state index in [1.807, 2.05) is 48.1 Å². The molecule has 8 heteroatoms. The van der Waals surface area contributed by atoms with Crippen LogP contribution in [-0.2, 0) is 0 Å². The second-order valence-corrected chi connectivity index (χ2v) is 8.00. The van der Waals surface area contributed by atoms with Crippen LogP contribution in [0.1, 0.15) is 29.2 Å². The van der Waals surface area contributed by atoms with Crippen LogP contribution in [0, 0.1) is 0 Å². The first-order chi connectivity index (χ1) is 14.7. The molecule has 152 valence electrons. The monoisotopic (exact) mass is 420 g/mol. The van der Waals surface area contributed by atoms with Crippen LogP contribution in [0.4, 0.5) is 5.13 Å². The van der Waals surface area contributed by atoms with Crippen molar-refractivity contribution in [2.45, 2.75) is 18.9 Å². The molecule has 7 nitrogen and oxygen atoms in total. The van der Waals surface area contributed by atoms with E-state index in [9.17, 15) is 4.79 Å². The molecule has 1 fully saturated rings. The number of ether oxygens (including phenoxy) is 2. The van der Waals surface area contributed by atoms with E-state index in [2.05, 4.69) is 19.9 Å². The third-order valence-corrected chi connectivity index (χ3v) is 5.94. The van der Waals surface area contributed by atoms with Gasteiger partial charge in [0.15, 0.2) is 5.13 Å². The van der Waals surface area contributed by atoms with Crippen molar-refractivity contribution < 1.29 is 14.3 Å². The summed E-state index contributed by atoms with van der Waals surface area (Å²) in [5, 5.41) is 5.30. The Hall–Kier alpha value is -3.39. The van der Waals surface area contributed by atoms with E-state index in [0.29, 0.717) is 28.2 Å². The van der Waals surface area contributed by atoms with Crippen LogP contribution >= 0.6 is 11.3 Å². The number of fused-ring (bicyclic) bond motifs is 1. The Balaban J connectivity index is 1.36. The van der Waals surface area contributed by atoms with Gasteiger partial charge in [0, 0.05) is 28.6 Å². The highest BCUT2D eigenvalue weighted by molar-refractivity contribution is 7.14. The number of hydrogen-bond donors (Lipinski definition) is 1. The van der Waals surface area contributed by atoms with Gasteiger partial charge in [0.1, 0.15) is 11.5 Å². The number of nitrogens with one attached hydrogen (secondary N) is 1. The number of anilines is 1. The summed E-state index contributed by atoms with van der Waals surface area (Å²) in [5.41, 5.74) is 4.02. The summed E-state index contributed by atoms with van der Waals surface area (Å²) >= 11 is 1.37. The van der Waals surface area contributed by atoms with Crippen molar-refractivity contribution in [3.63, 3.8) is 0 Å². The summed E-state index contributed by atoms with van der Waals surface area (Å²) in [5.74, 6) is 1.16. The van der Waals surface area contributed by atoms with Gasteiger partial charge in [-0.05, 0) is 43.2 Å². The van der Waals surface area contributed by atoms with Crippen LogP contribution in [0.25, 0.3) is 22.3 Å². The van der Waals surface area contributed by atoms with Gasteiger partial charge < -0.3 is 14.0 Å². The summed E-state index contributed by atoms with van der Waals surface area (Å²) < 4.78 is 12.9. The van der Waals surface area contributed by atoms with Crippen molar-refractivity contribution in [2.24, 2.45) is 0 Å². The third kappa shape index (κ3) is 3.39. The lowest BCUT2D eigenvalue weighted by molar-refractivity contribution is 0.102. The highest BCUT2D eigenvalue weighted by Crippen LogP contribution is 2.37. The first-order valence-electron chi connectivity index (χ1n) is 9.62. The number of amides is 1. The van der Waals surface area contributed by atoms with Crippen molar-refractivity contribution >= 4 is 33.4 Å². The minimum absolute atomic E-state index is 0.208. The van der Waals surface area contributed by atoms with Gasteiger partial charge in [-0.15, -0.1) is 11.3 Å². The molecule has 1 saturated carbocycles. The number of hydrogen-bond acceptors (Lipinski definition) is 6. The Morgan fingerprint density at radius 3 is 2.80 bits per heavy atom. The van der Waals surface area contributed by atoms with Gasteiger partial charge in [0.2, 0.25) is 0 Å². The quantitative estimate of drug-likeness (QED) is 0.486. The third-order valence-electron chi connectivity index (χ3n) is 5.19. The van der Waals surface area contributed by atoms with Gasteiger partial charge in [-0.25, -0.2) is 9.97 Å². The SMILES string of the molecule is COc1ccc(-c2csc(NC(=O)c3ccc4c(c3)ncn4C3CC3)n2)c(OC)c1. The van der Waals surface area contributed by atoms with Crippen LogP contribution in [0.5, 0.6) is 11.5 Å². The number of methoxy groups -OCH3 is 2. The van der Waals surface area contributed by atoms with Gasteiger partial charge in [-0.3, -0.25) is 10.1 Å². The topological polar surface area (TPSA) is 78.3 Å². The molecule has 2 aromatic heterocycles. The maximum atomic E-state index is 12.7. The van der Waals surface area contributed by atoms with Gasteiger partial charge in [0.05, 0.1) is 37.3 Å². The van der Waals surface area contributed by atoms with Gasteiger partial charge in [-0.2, -0.15) is 0 Å². The Kier molecular flexibility index (Phi) is 4.63. The number of aromatic nitrogens is 3. The molecule has 0 atom stereocenters. The molecule has 0 spiro atoms. The average molecular weight is 420 g/mol. The summed E-state index contributed by atoms with van der Waals surface area (Å²) in [4.78, 5) is 21.7. The van der Waals surface area contributed by atoms with Crippen molar-refractivity contribution in [3.8, 4) is 22.8 Å². The van der Waals surface area contributed by atoms with E-state index in [0.717, 1.165) is 22.3 Å².